The van der Waals surface area contributed by atoms with Crippen LogP contribution in [0.25, 0.3) is 0 Å². The summed E-state index contributed by atoms with van der Waals surface area (Å²) in [7, 11) is 0. The Balaban J connectivity index is 2.12. The number of pyridine rings is 1. The predicted octanol–water partition coefficient (Wildman–Crippen LogP) is 4.85. The van der Waals surface area contributed by atoms with Gasteiger partial charge >= 0.3 is 0 Å². The van der Waals surface area contributed by atoms with E-state index in [1.165, 1.54) is 24.4 Å². The molecule has 134 valence electrons. The van der Waals surface area contributed by atoms with Gasteiger partial charge < -0.3 is 5.32 Å². The van der Waals surface area contributed by atoms with Crippen molar-refractivity contribution < 1.29 is 18.4 Å². The highest BCUT2D eigenvalue weighted by atomic mass is 79.9. The molecule has 0 amide bonds. The molecule has 2 aromatic rings. The van der Waals surface area contributed by atoms with Crippen molar-refractivity contribution in [3.05, 3.63) is 67.9 Å². The van der Waals surface area contributed by atoms with Crippen LogP contribution in [0.4, 0.5) is 14.5 Å². The number of carbonyl (C=O) groups excluding carboxylic acids is 2. The van der Waals surface area contributed by atoms with Gasteiger partial charge in [-0.3, -0.25) is 14.6 Å². The number of alkyl halides is 2. The molecule has 1 aromatic carbocycles. The van der Waals surface area contributed by atoms with Gasteiger partial charge in [0.15, 0.2) is 0 Å². The number of fused-ring (bicyclic) bond motifs is 1. The maximum atomic E-state index is 13.2. The lowest BCUT2D eigenvalue weighted by molar-refractivity contribution is 0.0979. The van der Waals surface area contributed by atoms with Crippen molar-refractivity contribution in [3.8, 4) is 0 Å². The molecular weight excluding hydrogens is 426 g/mol. The number of halogens is 3. The molecule has 0 bridgehead atoms. The Morgan fingerprint density at radius 2 is 1.96 bits per heavy atom. The highest BCUT2D eigenvalue weighted by Gasteiger charge is 2.33. The molecule has 8 heteroatoms. The van der Waals surface area contributed by atoms with Crippen LogP contribution in [0.3, 0.4) is 0 Å². The molecule has 0 unspecified atom stereocenters. The number of thioether (sulfide) groups is 1. The average Bonchev–Trinajstić information content (AvgIpc) is 2.67. The summed E-state index contributed by atoms with van der Waals surface area (Å²) in [5.74, 6) is -0.755. The van der Waals surface area contributed by atoms with Gasteiger partial charge in [-0.15, -0.1) is 11.8 Å². The lowest BCUT2D eigenvalue weighted by Crippen LogP contribution is -2.26. The zero-order chi connectivity index (χ0) is 18.8. The Kier molecular flexibility index (Phi) is 5.52. The molecule has 1 aliphatic rings. The summed E-state index contributed by atoms with van der Waals surface area (Å²) in [5, 5.41) is 2.90. The smallest absolute Gasteiger partial charge is 0.220 e. The van der Waals surface area contributed by atoms with Crippen LogP contribution in [-0.4, -0.2) is 22.8 Å². The minimum Gasteiger partial charge on any atom is -0.350 e. The summed E-state index contributed by atoms with van der Waals surface area (Å²) >= 11 is 4.39. The summed E-state index contributed by atoms with van der Waals surface area (Å²) in [6, 6.07) is 5.99. The zero-order valence-corrected chi connectivity index (χ0v) is 16.0. The Bertz CT molecular complexity index is 947. The van der Waals surface area contributed by atoms with Crippen LogP contribution in [0.5, 0.6) is 0 Å². The monoisotopic (exact) mass is 438 g/mol. The van der Waals surface area contributed by atoms with E-state index in [2.05, 4.69) is 26.2 Å². The maximum Gasteiger partial charge on any atom is 0.220 e. The third-order valence-electron chi connectivity index (χ3n) is 3.90. The first kappa shape index (κ1) is 18.7. The minimum atomic E-state index is -0.794. The molecule has 3 rings (SSSR count). The number of rotatable bonds is 5. The molecule has 0 saturated carbocycles. The molecule has 1 heterocycles. The fourth-order valence-corrected chi connectivity index (χ4v) is 3.75. The molecule has 4 nitrogen and oxygen atoms in total. The lowest BCUT2D eigenvalue weighted by atomic mass is 9.96. The van der Waals surface area contributed by atoms with Crippen LogP contribution in [0.2, 0.25) is 0 Å². The number of anilines is 1. The minimum absolute atomic E-state index is 0.0736. The van der Waals surface area contributed by atoms with E-state index in [0.717, 1.165) is 11.8 Å². The van der Waals surface area contributed by atoms with Crippen molar-refractivity contribution in [1.82, 2.24) is 4.98 Å². The molecule has 1 aromatic heterocycles. The van der Waals surface area contributed by atoms with Crippen LogP contribution in [-0.2, 0) is 13.3 Å². The number of nitrogens with zero attached hydrogens (tertiary/aromatic N) is 1. The van der Waals surface area contributed by atoms with Crippen LogP contribution >= 0.6 is 27.7 Å². The van der Waals surface area contributed by atoms with Gasteiger partial charge in [0.1, 0.15) is 24.7 Å². The summed E-state index contributed by atoms with van der Waals surface area (Å²) < 4.78 is 26.7. The van der Waals surface area contributed by atoms with E-state index in [0.29, 0.717) is 10.2 Å². The number of nitrogens with one attached hydrogen (secondary N) is 1. The van der Waals surface area contributed by atoms with Crippen LogP contribution in [0, 0.1) is 0 Å². The van der Waals surface area contributed by atoms with E-state index >= 15 is 0 Å². The normalized spacial score (nSPS) is 13.8. The first-order valence-electron chi connectivity index (χ1n) is 7.54. The quantitative estimate of drug-likeness (QED) is 0.722. The second-order valence-corrected chi connectivity index (χ2v) is 7.08. The van der Waals surface area contributed by atoms with Crippen LogP contribution < -0.4 is 5.32 Å². The number of Topliss-reactive ketones (excluding diaryl/α,β-unsaturated/α-hetero) is 2. The van der Waals surface area contributed by atoms with E-state index in [4.69, 9.17) is 0 Å². The van der Waals surface area contributed by atoms with E-state index < -0.39 is 19.1 Å². The SMILES string of the molecule is CSC1=C(Nc2cc(CF)cc(CF)c2Br)C(=O)c2cccnc2C1=O. The molecule has 0 spiro atoms. The number of aromatic nitrogens is 1. The van der Waals surface area contributed by atoms with Crippen LogP contribution in [0.1, 0.15) is 32.0 Å². The van der Waals surface area contributed by atoms with Gasteiger partial charge in [-0.1, -0.05) is 0 Å². The van der Waals surface area contributed by atoms with Crippen LogP contribution in [0.15, 0.2) is 45.5 Å². The number of benzene rings is 1. The molecule has 0 atom stereocenters. The average molecular weight is 439 g/mol. The predicted molar refractivity (Wildman–Crippen MR) is 101 cm³/mol. The summed E-state index contributed by atoms with van der Waals surface area (Å²) in [6.45, 7) is -1.57. The number of carbonyl (C=O) groups is 2. The highest BCUT2D eigenvalue weighted by Crippen LogP contribution is 2.35. The molecule has 1 N–H and O–H groups in total. The molecule has 0 saturated heterocycles. The third kappa shape index (κ3) is 3.19. The standard InChI is InChI=1S/C18H13BrF2N2O2S/c1-26-18-15(16(24)11-3-2-4-22-14(11)17(18)25)23-12-6-9(7-20)5-10(8-21)13(12)19/h2-6,23H,7-8H2,1H3. The molecule has 26 heavy (non-hydrogen) atoms. The largest absolute Gasteiger partial charge is 0.350 e. The van der Waals surface area contributed by atoms with E-state index in [-0.39, 0.29) is 38.8 Å². The van der Waals surface area contributed by atoms with E-state index in [1.807, 2.05) is 0 Å². The number of hydrogen-bond acceptors (Lipinski definition) is 5. The lowest BCUT2D eigenvalue weighted by Gasteiger charge is -2.21. The summed E-state index contributed by atoms with van der Waals surface area (Å²) in [4.78, 5) is 29.7. The Morgan fingerprint density at radius 1 is 1.19 bits per heavy atom. The first-order valence-corrected chi connectivity index (χ1v) is 9.56. The Morgan fingerprint density at radius 3 is 2.62 bits per heavy atom. The van der Waals surface area contributed by atoms with E-state index in [9.17, 15) is 18.4 Å². The molecule has 0 radical (unpaired) electrons. The maximum absolute atomic E-state index is 13.2. The fourth-order valence-electron chi connectivity index (χ4n) is 2.69. The third-order valence-corrected chi connectivity index (χ3v) is 5.63. The Hall–Kier alpha value is -2.06. The summed E-state index contributed by atoms with van der Waals surface area (Å²) in [6.07, 6.45) is 3.13. The topological polar surface area (TPSA) is 59.1 Å². The van der Waals surface area contributed by atoms with Gasteiger partial charge in [-0.05, 0) is 57.6 Å². The molecule has 1 aliphatic carbocycles. The molecule has 0 fully saturated rings. The molecule has 0 aliphatic heterocycles. The highest BCUT2D eigenvalue weighted by molar-refractivity contribution is 9.10. The van der Waals surface area contributed by atoms with Crippen molar-refractivity contribution in [2.45, 2.75) is 13.3 Å². The number of allylic oxidation sites excluding steroid dienone is 2. The van der Waals surface area contributed by atoms with Crippen molar-refractivity contribution in [1.29, 1.82) is 0 Å². The van der Waals surface area contributed by atoms with Crippen molar-refractivity contribution in [2.24, 2.45) is 0 Å². The number of ketones is 2. The van der Waals surface area contributed by atoms with Gasteiger partial charge in [-0.2, -0.15) is 0 Å². The van der Waals surface area contributed by atoms with Gasteiger partial charge in [-0.25, -0.2) is 8.78 Å². The Labute approximate surface area is 161 Å². The van der Waals surface area contributed by atoms with Gasteiger partial charge in [0, 0.05) is 10.7 Å². The fraction of sp³-hybridized carbons (Fsp3) is 0.167. The number of hydrogen-bond donors (Lipinski definition) is 1. The molecular formula is C18H13BrF2N2O2S. The van der Waals surface area contributed by atoms with Gasteiger partial charge in [0.05, 0.1) is 16.2 Å². The van der Waals surface area contributed by atoms with Gasteiger partial charge in [0.25, 0.3) is 0 Å². The first-order chi connectivity index (χ1) is 12.5. The second-order valence-electron chi connectivity index (χ2n) is 5.47. The van der Waals surface area contributed by atoms with Crippen molar-refractivity contribution in [3.63, 3.8) is 0 Å². The van der Waals surface area contributed by atoms with Gasteiger partial charge in [0.2, 0.25) is 11.6 Å². The van der Waals surface area contributed by atoms with E-state index in [1.54, 1.807) is 12.3 Å². The summed E-state index contributed by atoms with van der Waals surface area (Å²) in [5.41, 5.74) is 1.22. The zero-order valence-electron chi connectivity index (χ0n) is 13.6. The second kappa shape index (κ2) is 7.67. The van der Waals surface area contributed by atoms with Crippen molar-refractivity contribution >= 4 is 44.9 Å². The van der Waals surface area contributed by atoms with Crippen molar-refractivity contribution in [2.75, 3.05) is 11.6 Å².